The van der Waals surface area contributed by atoms with E-state index in [9.17, 15) is 0 Å². The van der Waals surface area contributed by atoms with Crippen LogP contribution in [-0.2, 0) is 0 Å². The lowest BCUT2D eigenvalue weighted by atomic mass is 10.0. The third kappa shape index (κ3) is 2.75. The minimum Gasteiger partial charge on any atom is -0.146 e. The topological polar surface area (TPSA) is 0 Å². The molecule has 1 heterocycles. The van der Waals surface area contributed by atoms with Gasteiger partial charge < -0.3 is 0 Å². The van der Waals surface area contributed by atoms with E-state index in [-0.39, 0.29) is 5.38 Å². The lowest BCUT2D eigenvalue weighted by Crippen LogP contribution is -1.96. The van der Waals surface area contributed by atoms with Crippen LogP contribution in [-0.4, -0.2) is 0 Å². The molecule has 3 heteroatoms. The Morgan fingerprint density at radius 2 is 1.82 bits per heavy atom. The summed E-state index contributed by atoms with van der Waals surface area (Å²) in [6.45, 7) is 6.36. The molecular weight excluding hydrogens is 316 g/mol. The Kier molecular flexibility index (Phi) is 3.96. The summed E-state index contributed by atoms with van der Waals surface area (Å²) in [5.74, 6) is 0. The predicted molar refractivity (Wildman–Crippen MR) is 80.4 cm³/mol. The van der Waals surface area contributed by atoms with Crippen LogP contribution in [0, 0.1) is 20.8 Å². The van der Waals surface area contributed by atoms with Gasteiger partial charge in [0.2, 0.25) is 0 Å². The molecule has 1 aromatic heterocycles. The molecule has 0 bridgehead atoms. The molecule has 1 aromatic carbocycles. The van der Waals surface area contributed by atoms with Gasteiger partial charge in [-0.1, -0.05) is 22.0 Å². The number of halogens is 2. The van der Waals surface area contributed by atoms with Crippen LogP contribution in [0.2, 0.25) is 0 Å². The van der Waals surface area contributed by atoms with Crippen molar-refractivity contribution in [2.75, 3.05) is 0 Å². The number of thiophene rings is 1. The Bertz CT molecular complexity index is 545. The van der Waals surface area contributed by atoms with Gasteiger partial charge in [0.25, 0.3) is 0 Å². The lowest BCUT2D eigenvalue weighted by molar-refractivity contribution is 1.10. The van der Waals surface area contributed by atoms with E-state index >= 15 is 0 Å². The molecule has 0 fully saturated rings. The van der Waals surface area contributed by atoms with Crippen LogP contribution in [0.4, 0.5) is 0 Å². The second-order valence-corrected chi connectivity index (χ2v) is 7.04. The first-order valence-corrected chi connectivity index (χ1v) is 7.50. The van der Waals surface area contributed by atoms with Gasteiger partial charge in [-0.25, -0.2) is 0 Å². The Morgan fingerprint density at radius 3 is 2.41 bits per heavy atom. The number of hydrogen-bond donors (Lipinski definition) is 0. The number of benzene rings is 1. The van der Waals surface area contributed by atoms with Crippen LogP contribution in [0.15, 0.2) is 28.7 Å². The van der Waals surface area contributed by atoms with Gasteiger partial charge in [-0.3, -0.25) is 0 Å². The van der Waals surface area contributed by atoms with Crippen molar-refractivity contribution in [3.8, 4) is 0 Å². The molecule has 2 aromatic rings. The third-order valence-electron chi connectivity index (χ3n) is 2.87. The van der Waals surface area contributed by atoms with Gasteiger partial charge >= 0.3 is 0 Å². The normalized spacial score (nSPS) is 12.8. The van der Waals surface area contributed by atoms with Crippen molar-refractivity contribution in [2.45, 2.75) is 26.1 Å². The highest BCUT2D eigenvalue weighted by atomic mass is 79.9. The van der Waals surface area contributed by atoms with Gasteiger partial charge in [-0.15, -0.1) is 22.9 Å². The zero-order chi connectivity index (χ0) is 12.6. The highest BCUT2D eigenvalue weighted by molar-refractivity contribution is 9.10. The SMILES string of the molecule is Cc1cc(C(Cl)c2cc(Br)ccc2C)c(C)s1. The molecule has 0 aliphatic heterocycles. The molecule has 1 unspecified atom stereocenters. The smallest absolute Gasteiger partial charge is 0.0849 e. The van der Waals surface area contributed by atoms with E-state index in [1.165, 1.54) is 26.4 Å². The summed E-state index contributed by atoms with van der Waals surface area (Å²) in [7, 11) is 0. The van der Waals surface area contributed by atoms with Gasteiger partial charge in [0.15, 0.2) is 0 Å². The molecule has 0 aliphatic rings. The minimum absolute atomic E-state index is 0.0579. The van der Waals surface area contributed by atoms with E-state index in [0.717, 1.165) is 4.47 Å². The number of hydrogen-bond acceptors (Lipinski definition) is 1. The van der Waals surface area contributed by atoms with Crippen LogP contribution in [0.1, 0.15) is 31.8 Å². The summed E-state index contributed by atoms with van der Waals surface area (Å²) in [4.78, 5) is 2.62. The van der Waals surface area contributed by atoms with Crippen molar-refractivity contribution in [3.05, 3.63) is 55.2 Å². The Hall–Kier alpha value is -0.310. The van der Waals surface area contributed by atoms with Crippen LogP contribution in [0.3, 0.4) is 0 Å². The lowest BCUT2D eigenvalue weighted by Gasteiger charge is -2.13. The molecule has 0 nitrogen and oxygen atoms in total. The van der Waals surface area contributed by atoms with Crippen LogP contribution >= 0.6 is 38.9 Å². The maximum absolute atomic E-state index is 6.61. The maximum atomic E-state index is 6.61. The maximum Gasteiger partial charge on any atom is 0.0849 e. The van der Waals surface area contributed by atoms with Crippen molar-refractivity contribution in [3.63, 3.8) is 0 Å². The van der Waals surface area contributed by atoms with Crippen molar-refractivity contribution in [1.82, 2.24) is 0 Å². The summed E-state index contributed by atoms with van der Waals surface area (Å²) in [6, 6.07) is 8.45. The van der Waals surface area contributed by atoms with Gasteiger partial charge in [-0.2, -0.15) is 0 Å². The van der Waals surface area contributed by atoms with Crippen molar-refractivity contribution in [2.24, 2.45) is 0 Å². The second-order valence-electron chi connectivity index (χ2n) is 4.23. The first-order valence-electron chi connectivity index (χ1n) is 5.46. The average Bonchev–Trinajstić information content (AvgIpc) is 2.60. The summed E-state index contributed by atoms with van der Waals surface area (Å²) >= 11 is 11.9. The van der Waals surface area contributed by atoms with Gasteiger partial charge in [0, 0.05) is 14.2 Å². The molecule has 0 amide bonds. The van der Waals surface area contributed by atoms with Crippen LogP contribution in [0.5, 0.6) is 0 Å². The molecular formula is C14H14BrClS. The molecule has 0 spiro atoms. The van der Waals surface area contributed by atoms with E-state index in [1.54, 1.807) is 11.3 Å². The largest absolute Gasteiger partial charge is 0.146 e. The van der Waals surface area contributed by atoms with Crippen LogP contribution < -0.4 is 0 Å². The van der Waals surface area contributed by atoms with Crippen LogP contribution in [0.25, 0.3) is 0 Å². The second kappa shape index (κ2) is 5.13. The van der Waals surface area contributed by atoms with Crippen molar-refractivity contribution >= 4 is 38.9 Å². The monoisotopic (exact) mass is 328 g/mol. The first-order chi connectivity index (χ1) is 7.99. The van der Waals surface area contributed by atoms with E-state index in [4.69, 9.17) is 11.6 Å². The highest BCUT2D eigenvalue weighted by Crippen LogP contribution is 2.37. The van der Waals surface area contributed by atoms with Crippen molar-refractivity contribution in [1.29, 1.82) is 0 Å². The summed E-state index contributed by atoms with van der Waals surface area (Å²) < 4.78 is 1.08. The Morgan fingerprint density at radius 1 is 1.12 bits per heavy atom. The molecule has 0 radical (unpaired) electrons. The fraction of sp³-hybridized carbons (Fsp3) is 0.286. The van der Waals surface area contributed by atoms with Gasteiger partial charge in [0.05, 0.1) is 5.38 Å². The molecule has 2 rings (SSSR count). The molecule has 17 heavy (non-hydrogen) atoms. The zero-order valence-electron chi connectivity index (χ0n) is 10.1. The molecule has 0 aliphatic carbocycles. The Balaban J connectivity index is 2.46. The standard InChI is InChI=1S/C14H14BrClS/c1-8-4-5-11(15)7-12(8)14(16)13-6-9(2)17-10(13)3/h4-7,14H,1-3H3. The summed E-state index contributed by atoms with van der Waals surface area (Å²) in [5.41, 5.74) is 3.65. The molecule has 90 valence electrons. The summed E-state index contributed by atoms with van der Waals surface area (Å²) in [5, 5.41) is -0.0579. The average molecular weight is 330 g/mol. The van der Waals surface area contributed by atoms with Gasteiger partial charge in [-0.05, 0) is 55.7 Å². The van der Waals surface area contributed by atoms with Crippen molar-refractivity contribution < 1.29 is 0 Å². The molecule has 0 N–H and O–H groups in total. The highest BCUT2D eigenvalue weighted by Gasteiger charge is 2.17. The first kappa shape index (κ1) is 13.1. The van der Waals surface area contributed by atoms with E-state index in [1.807, 2.05) is 6.07 Å². The molecule has 1 atom stereocenters. The number of alkyl halides is 1. The van der Waals surface area contributed by atoms with Gasteiger partial charge in [0.1, 0.15) is 0 Å². The quantitative estimate of drug-likeness (QED) is 0.614. The Labute approximate surface area is 120 Å². The number of aryl methyl sites for hydroxylation is 3. The summed E-state index contributed by atoms with van der Waals surface area (Å²) in [6.07, 6.45) is 0. The number of rotatable bonds is 2. The fourth-order valence-electron chi connectivity index (χ4n) is 1.95. The van der Waals surface area contributed by atoms with E-state index in [0.29, 0.717) is 0 Å². The predicted octanol–water partition coefficient (Wildman–Crippen LogP) is 5.76. The molecule has 0 saturated heterocycles. The zero-order valence-corrected chi connectivity index (χ0v) is 13.2. The fourth-order valence-corrected chi connectivity index (χ4v) is 3.82. The third-order valence-corrected chi connectivity index (χ3v) is 4.81. The molecule has 0 saturated carbocycles. The van der Waals surface area contributed by atoms with E-state index in [2.05, 4.69) is 54.9 Å². The minimum atomic E-state index is -0.0579. The van der Waals surface area contributed by atoms with E-state index < -0.39 is 0 Å².